The number of aliphatic hydroxyl groups excluding tert-OH is 1. The van der Waals surface area contributed by atoms with Crippen LogP contribution in [0.4, 0.5) is 0 Å². The molecule has 0 aromatic heterocycles. The van der Waals surface area contributed by atoms with Crippen molar-refractivity contribution in [2.75, 3.05) is 6.61 Å². The first kappa shape index (κ1) is 23.6. The Morgan fingerprint density at radius 1 is 0.935 bits per heavy atom. The Morgan fingerprint density at radius 2 is 1.58 bits per heavy atom. The van der Waals surface area contributed by atoms with Gasteiger partial charge in [0.1, 0.15) is 0 Å². The van der Waals surface area contributed by atoms with Crippen LogP contribution < -0.4 is 0 Å². The highest BCUT2D eigenvalue weighted by Gasteiger charge is 2.36. The fourth-order valence-corrected chi connectivity index (χ4v) is 5.24. The minimum atomic E-state index is -0.145. The highest BCUT2D eigenvalue weighted by atomic mass is 16.2. The summed E-state index contributed by atoms with van der Waals surface area (Å²) in [5.41, 5.74) is 5.22. The van der Waals surface area contributed by atoms with Gasteiger partial charge >= 0.3 is 0 Å². The minimum Gasteiger partial charge on any atom is -0.396 e. The normalized spacial score (nSPS) is 21.0. The number of unbranched alkanes of at least 4 members (excludes halogenated alkanes) is 4. The third-order valence-electron chi connectivity index (χ3n) is 7.10. The molecular weight excluding hydrogens is 378 g/mol. The number of hydrogen-bond donors (Lipinski definition) is 1. The number of nitrogens with zero attached hydrogens (tertiary/aromatic N) is 1. The van der Waals surface area contributed by atoms with Crippen LogP contribution in [-0.2, 0) is 6.42 Å². The molecule has 0 radical (unpaired) electrons. The Labute approximate surface area is 189 Å². The van der Waals surface area contributed by atoms with E-state index in [0.29, 0.717) is 12.5 Å². The molecule has 2 aromatic rings. The lowest BCUT2D eigenvalue weighted by molar-refractivity contribution is 0.217. The Morgan fingerprint density at radius 3 is 2.23 bits per heavy atom. The first-order valence-corrected chi connectivity index (χ1v) is 12.4. The van der Waals surface area contributed by atoms with Crippen LogP contribution in [-0.4, -0.2) is 11.7 Å². The predicted octanol–water partition coefficient (Wildman–Crippen LogP) is 7.81. The molecular formula is C29H39NO. The van der Waals surface area contributed by atoms with Gasteiger partial charge < -0.3 is 5.11 Å². The molecule has 3 rings (SSSR count). The molecule has 1 saturated carbocycles. The van der Waals surface area contributed by atoms with Gasteiger partial charge in [-0.15, -0.1) is 0 Å². The highest BCUT2D eigenvalue weighted by Crippen LogP contribution is 2.46. The van der Waals surface area contributed by atoms with Crippen molar-refractivity contribution in [2.45, 2.75) is 89.9 Å². The van der Waals surface area contributed by atoms with E-state index in [1.54, 1.807) is 0 Å². The summed E-state index contributed by atoms with van der Waals surface area (Å²) in [6.45, 7) is 2.52. The van der Waals surface area contributed by atoms with Crippen molar-refractivity contribution in [3.63, 3.8) is 0 Å². The Balaban J connectivity index is 1.59. The van der Waals surface area contributed by atoms with E-state index in [-0.39, 0.29) is 5.41 Å². The zero-order valence-electron chi connectivity index (χ0n) is 19.3. The van der Waals surface area contributed by atoms with Gasteiger partial charge in [-0.25, -0.2) is 0 Å². The molecule has 1 aliphatic rings. The first-order chi connectivity index (χ1) is 15.2. The van der Waals surface area contributed by atoms with Gasteiger partial charge in [0.15, 0.2) is 0 Å². The quantitative estimate of drug-likeness (QED) is 0.379. The first-order valence-electron chi connectivity index (χ1n) is 12.4. The molecule has 0 heterocycles. The van der Waals surface area contributed by atoms with Crippen LogP contribution in [0.25, 0.3) is 11.1 Å². The van der Waals surface area contributed by atoms with E-state index >= 15 is 0 Å². The fraction of sp³-hybridized carbons (Fsp3) is 0.552. The van der Waals surface area contributed by atoms with E-state index in [9.17, 15) is 5.26 Å². The van der Waals surface area contributed by atoms with Crippen molar-refractivity contribution in [1.29, 1.82) is 5.26 Å². The minimum absolute atomic E-state index is 0.145. The van der Waals surface area contributed by atoms with Gasteiger partial charge in [-0.1, -0.05) is 94.0 Å². The molecule has 1 fully saturated rings. The summed E-state index contributed by atoms with van der Waals surface area (Å²) in [7, 11) is 0. The number of hydrogen-bond acceptors (Lipinski definition) is 2. The molecule has 31 heavy (non-hydrogen) atoms. The van der Waals surface area contributed by atoms with Crippen molar-refractivity contribution < 1.29 is 5.11 Å². The average molecular weight is 418 g/mol. The van der Waals surface area contributed by atoms with E-state index in [0.717, 1.165) is 51.4 Å². The van der Waals surface area contributed by atoms with Gasteiger partial charge in [0.2, 0.25) is 0 Å². The van der Waals surface area contributed by atoms with Crippen LogP contribution in [0.5, 0.6) is 0 Å². The summed E-state index contributed by atoms with van der Waals surface area (Å²) in [6.07, 6.45) is 13.3. The number of rotatable bonds is 11. The van der Waals surface area contributed by atoms with Gasteiger partial charge in [0, 0.05) is 6.61 Å². The summed E-state index contributed by atoms with van der Waals surface area (Å²) in [4.78, 5) is 0. The van der Waals surface area contributed by atoms with E-state index in [2.05, 4.69) is 61.5 Å². The number of aliphatic hydroxyl groups is 1. The van der Waals surface area contributed by atoms with Crippen LogP contribution in [0.2, 0.25) is 0 Å². The lowest BCUT2D eigenvalue weighted by Gasteiger charge is -2.36. The molecule has 2 heteroatoms. The molecule has 0 saturated heterocycles. The summed E-state index contributed by atoms with van der Waals surface area (Å²) in [5, 5.41) is 18.9. The third kappa shape index (κ3) is 6.68. The number of aryl methyl sites for hydroxylation is 1. The lowest BCUT2D eigenvalue weighted by atomic mass is 9.66. The number of nitriles is 1. The van der Waals surface area contributed by atoms with Crippen molar-refractivity contribution >= 4 is 0 Å². The van der Waals surface area contributed by atoms with E-state index in [4.69, 9.17) is 5.11 Å². The summed E-state index contributed by atoms with van der Waals surface area (Å²) >= 11 is 0. The molecule has 0 spiro atoms. The van der Waals surface area contributed by atoms with E-state index in [1.165, 1.54) is 47.9 Å². The molecule has 2 aromatic carbocycles. The molecule has 0 aliphatic heterocycles. The Kier molecular flexibility index (Phi) is 9.16. The highest BCUT2D eigenvalue weighted by molar-refractivity contribution is 5.64. The average Bonchev–Trinajstić information content (AvgIpc) is 2.82. The standard InChI is InChI=1S/C29H39NO/c1-2-9-24-11-13-25(14-12-24)26-15-17-27(18-16-26)28-10-8-20-29(22-28,23-30)19-6-4-3-5-7-21-31/h11-18,28,31H,2-10,19-22H2,1H3. The zero-order valence-corrected chi connectivity index (χ0v) is 19.3. The van der Waals surface area contributed by atoms with Crippen LogP contribution >= 0.6 is 0 Å². The second-order valence-corrected chi connectivity index (χ2v) is 9.50. The van der Waals surface area contributed by atoms with E-state index in [1.807, 2.05) is 0 Å². The molecule has 0 amide bonds. The Bertz CT molecular complexity index is 817. The molecule has 2 nitrogen and oxygen atoms in total. The topological polar surface area (TPSA) is 44.0 Å². The van der Waals surface area contributed by atoms with E-state index < -0.39 is 0 Å². The van der Waals surface area contributed by atoms with Crippen LogP contribution in [0, 0.1) is 16.7 Å². The molecule has 1 aliphatic carbocycles. The predicted molar refractivity (Wildman–Crippen MR) is 130 cm³/mol. The van der Waals surface area contributed by atoms with Gasteiger partial charge in [-0.05, 0) is 66.7 Å². The second kappa shape index (κ2) is 12.1. The SMILES string of the molecule is CCCc1ccc(-c2ccc(C3CCCC(C#N)(CCCCCCCO)C3)cc2)cc1. The Hall–Kier alpha value is -2.11. The van der Waals surface area contributed by atoms with Crippen molar-refractivity contribution in [2.24, 2.45) is 5.41 Å². The summed E-state index contributed by atoms with van der Waals surface area (Å²) in [6, 6.07) is 20.8. The fourth-order valence-electron chi connectivity index (χ4n) is 5.24. The molecule has 0 bridgehead atoms. The maximum Gasteiger partial charge on any atom is 0.0689 e. The third-order valence-corrected chi connectivity index (χ3v) is 7.10. The van der Waals surface area contributed by atoms with Gasteiger partial charge in [0.05, 0.1) is 11.5 Å². The van der Waals surface area contributed by atoms with Gasteiger partial charge in [-0.3, -0.25) is 0 Å². The largest absolute Gasteiger partial charge is 0.396 e. The van der Waals surface area contributed by atoms with Crippen molar-refractivity contribution in [1.82, 2.24) is 0 Å². The summed E-state index contributed by atoms with van der Waals surface area (Å²) in [5.74, 6) is 0.503. The van der Waals surface area contributed by atoms with Gasteiger partial charge in [0.25, 0.3) is 0 Å². The zero-order chi connectivity index (χ0) is 21.9. The second-order valence-electron chi connectivity index (χ2n) is 9.50. The van der Waals surface area contributed by atoms with Gasteiger partial charge in [-0.2, -0.15) is 5.26 Å². The summed E-state index contributed by atoms with van der Waals surface area (Å²) < 4.78 is 0. The molecule has 1 N–H and O–H groups in total. The van der Waals surface area contributed by atoms with Crippen molar-refractivity contribution in [3.05, 3.63) is 59.7 Å². The number of benzene rings is 2. The van der Waals surface area contributed by atoms with Crippen LogP contribution in [0.1, 0.15) is 94.6 Å². The smallest absolute Gasteiger partial charge is 0.0689 e. The molecule has 2 atom stereocenters. The maximum absolute atomic E-state index is 10.0. The van der Waals surface area contributed by atoms with Crippen LogP contribution in [0.15, 0.2) is 48.5 Å². The molecule has 166 valence electrons. The molecule has 2 unspecified atom stereocenters. The lowest BCUT2D eigenvalue weighted by Crippen LogP contribution is -2.26. The maximum atomic E-state index is 10.0. The van der Waals surface area contributed by atoms with Crippen molar-refractivity contribution in [3.8, 4) is 17.2 Å². The van der Waals surface area contributed by atoms with Crippen LogP contribution in [0.3, 0.4) is 0 Å². The monoisotopic (exact) mass is 417 g/mol.